The maximum Gasteiger partial charge on any atom is 0.573 e. The van der Waals surface area contributed by atoms with Gasteiger partial charge in [-0.15, -0.1) is 13.2 Å². The fourth-order valence-electron chi connectivity index (χ4n) is 2.78. The van der Waals surface area contributed by atoms with Crippen LogP contribution in [0, 0.1) is 17.2 Å². The van der Waals surface area contributed by atoms with Crippen molar-refractivity contribution < 1.29 is 27.0 Å². The lowest BCUT2D eigenvalue weighted by Gasteiger charge is -2.26. The topological polar surface area (TPSA) is 42.2 Å². The average molecular weight is 369 g/mol. The zero-order valence-corrected chi connectivity index (χ0v) is 14.0. The van der Waals surface area contributed by atoms with E-state index in [9.17, 15) is 17.6 Å². The highest BCUT2D eigenvalue weighted by Gasteiger charge is 2.31. The van der Waals surface area contributed by atoms with Crippen LogP contribution in [0.1, 0.15) is 31.2 Å². The Hall–Kier alpha value is -2.33. The Morgan fingerprint density at radius 3 is 2.38 bits per heavy atom. The third kappa shape index (κ3) is 7.28. The first-order chi connectivity index (χ1) is 12.4. The quantitative estimate of drug-likeness (QED) is 0.373. The van der Waals surface area contributed by atoms with Gasteiger partial charge in [-0.3, -0.25) is 0 Å². The molecule has 140 valence electrons. The Morgan fingerprint density at radius 1 is 1.15 bits per heavy atom. The molecule has 0 bridgehead atoms. The van der Waals surface area contributed by atoms with Gasteiger partial charge in [-0.1, -0.05) is 24.3 Å². The molecule has 1 aromatic carbocycles. The van der Waals surface area contributed by atoms with Crippen molar-refractivity contribution in [3.8, 4) is 11.8 Å². The summed E-state index contributed by atoms with van der Waals surface area (Å²) in [5.74, 6) is -0.739. The van der Waals surface area contributed by atoms with Gasteiger partial charge in [0.2, 0.25) is 0 Å². The highest BCUT2D eigenvalue weighted by molar-refractivity contribution is 5.27. The van der Waals surface area contributed by atoms with Crippen LogP contribution in [-0.2, 0) is 11.3 Å². The predicted octanol–water partition coefficient (Wildman–Crippen LogP) is 5.59. The van der Waals surface area contributed by atoms with E-state index in [1.165, 1.54) is 18.2 Å². The first kappa shape index (κ1) is 20.0. The molecule has 0 aromatic heterocycles. The van der Waals surface area contributed by atoms with Crippen LogP contribution in [0.5, 0.6) is 5.75 Å². The number of alkyl halides is 3. The molecule has 0 heterocycles. The molecular weight excluding hydrogens is 350 g/mol. The Bertz CT molecular complexity index is 666. The molecule has 0 saturated heterocycles. The number of rotatable bonds is 6. The van der Waals surface area contributed by atoms with Gasteiger partial charge in [-0.2, -0.15) is 9.65 Å². The molecule has 0 spiro atoms. The summed E-state index contributed by atoms with van der Waals surface area (Å²) in [7, 11) is 0. The summed E-state index contributed by atoms with van der Waals surface area (Å²) in [6.07, 6.45) is 3.53. The number of benzene rings is 1. The SMILES string of the molecule is N#CC(F)=CC=C[C@H]1CC[C@H](OCc2ccc(OC(F)(F)F)cc2)CC1. The van der Waals surface area contributed by atoms with Crippen molar-refractivity contribution in [3.05, 3.63) is 53.9 Å². The van der Waals surface area contributed by atoms with Crippen LogP contribution in [0.4, 0.5) is 17.6 Å². The van der Waals surface area contributed by atoms with E-state index in [0.717, 1.165) is 37.3 Å². The summed E-state index contributed by atoms with van der Waals surface area (Å²) < 4.78 is 58.7. The normalized spacial score (nSPS) is 21.6. The molecule has 1 aliphatic carbocycles. The number of allylic oxidation sites excluding steroid dienone is 4. The van der Waals surface area contributed by atoms with Gasteiger partial charge in [0.25, 0.3) is 0 Å². The molecular formula is C19H19F4NO2. The minimum atomic E-state index is -4.69. The largest absolute Gasteiger partial charge is 0.573 e. The molecule has 0 unspecified atom stereocenters. The van der Waals surface area contributed by atoms with Crippen LogP contribution >= 0.6 is 0 Å². The Balaban J connectivity index is 1.72. The van der Waals surface area contributed by atoms with Crippen molar-refractivity contribution >= 4 is 0 Å². The van der Waals surface area contributed by atoms with Gasteiger partial charge in [0.15, 0.2) is 5.83 Å². The summed E-state index contributed by atoms with van der Waals surface area (Å²) in [4.78, 5) is 0. The molecule has 1 aromatic rings. The number of halogens is 4. The van der Waals surface area contributed by atoms with Gasteiger partial charge in [-0.25, -0.2) is 0 Å². The molecule has 0 radical (unpaired) electrons. The average Bonchev–Trinajstić information content (AvgIpc) is 2.61. The molecule has 26 heavy (non-hydrogen) atoms. The number of ether oxygens (including phenoxy) is 2. The summed E-state index contributed by atoms with van der Waals surface area (Å²) >= 11 is 0. The van der Waals surface area contributed by atoms with Gasteiger partial charge in [0.1, 0.15) is 11.8 Å². The lowest BCUT2D eigenvalue weighted by molar-refractivity contribution is -0.274. The van der Waals surface area contributed by atoms with Crippen LogP contribution in [0.25, 0.3) is 0 Å². The summed E-state index contributed by atoms with van der Waals surface area (Å²) in [6.45, 7) is 0.327. The Kier molecular flexibility index (Phi) is 7.22. The monoisotopic (exact) mass is 369 g/mol. The van der Waals surface area contributed by atoms with Crippen LogP contribution in [0.2, 0.25) is 0 Å². The van der Waals surface area contributed by atoms with Crippen LogP contribution in [0.15, 0.2) is 48.3 Å². The van der Waals surface area contributed by atoms with Crippen molar-refractivity contribution in [2.45, 2.75) is 44.8 Å². The van der Waals surface area contributed by atoms with Crippen molar-refractivity contribution in [1.29, 1.82) is 5.26 Å². The minimum absolute atomic E-state index is 0.0946. The van der Waals surface area contributed by atoms with E-state index in [0.29, 0.717) is 12.5 Å². The molecule has 7 heteroatoms. The van der Waals surface area contributed by atoms with E-state index in [1.54, 1.807) is 18.2 Å². The van der Waals surface area contributed by atoms with E-state index in [4.69, 9.17) is 10.00 Å². The smallest absolute Gasteiger partial charge is 0.406 e. The highest BCUT2D eigenvalue weighted by atomic mass is 19.4. The molecule has 0 N–H and O–H groups in total. The Labute approximate surface area is 149 Å². The zero-order valence-electron chi connectivity index (χ0n) is 14.0. The van der Waals surface area contributed by atoms with Crippen molar-refractivity contribution in [1.82, 2.24) is 0 Å². The molecule has 1 aliphatic rings. The van der Waals surface area contributed by atoms with Crippen molar-refractivity contribution in [3.63, 3.8) is 0 Å². The second-order valence-corrected chi connectivity index (χ2v) is 6.05. The number of nitriles is 1. The molecule has 0 atom stereocenters. The van der Waals surface area contributed by atoms with Gasteiger partial charge in [0, 0.05) is 0 Å². The fraction of sp³-hybridized carbons (Fsp3) is 0.421. The lowest BCUT2D eigenvalue weighted by atomic mass is 9.87. The molecule has 3 nitrogen and oxygen atoms in total. The van der Waals surface area contributed by atoms with E-state index >= 15 is 0 Å². The summed E-state index contributed by atoms with van der Waals surface area (Å²) in [5, 5.41) is 8.32. The standard InChI is InChI=1S/C19H19F4NO2/c20-16(12-24)3-1-2-14-4-8-17(9-5-14)25-13-15-6-10-18(11-7-15)26-19(21,22)23/h1-3,6-7,10-11,14,17H,4-5,8-9,13H2/t14-,17-. The second kappa shape index (κ2) is 9.39. The third-order valence-electron chi connectivity index (χ3n) is 4.09. The molecule has 0 amide bonds. The van der Waals surface area contributed by atoms with Gasteiger partial charge >= 0.3 is 6.36 Å². The first-order valence-corrected chi connectivity index (χ1v) is 8.26. The number of hydrogen-bond acceptors (Lipinski definition) is 3. The zero-order chi connectivity index (χ0) is 19.0. The van der Waals surface area contributed by atoms with Crippen LogP contribution < -0.4 is 4.74 Å². The second-order valence-electron chi connectivity index (χ2n) is 6.05. The lowest BCUT2D eigenvalue weighted by Crippen LogP contribution is -2.20. The number of hydrogen-bond donors (Lipinski definition) is 0. The maximum atomic E-state index is 12.7. The first-order valence-electron chi connectivity index (χ1n) is 8.26. The molecule has 1 saturated carbocycles. The number of nitrogens with zero attached hydrogens (tertiary/aromatic N) is 1. The van der Waals surface area contributed by atoms with Gasteiger partial charge in [-0.05, 0) is 55.4 Å². The predicted molar refractivity (Wildman–Crippen MR) is 87.6 cm³/mol. The van der Waals surface area contributed by atoms with Crippen molar-refractivity contribution in [2.24, 2.45) is 5.92 Å². The summed E-state index contributed by atoms with van der Waals surface area (Å²) in [6, 6.07) is 7.04. The van der Waals surface area contributed by atoms with Crippen LogP contribution in [0.3, 0.4) is 0 Å². The fourth-order valence-corrected chi connectivity index (χ4v) is 2.78. The van der Waals surface area contributed by atoms with E-state index in [1.807, 2.05) is 6.08 Å². The molecule has 0 aliphatic heterocycles. The summed E-state index contributed by atoms with van der Waals surface area (Å²) in [5.41, 5.74) is 0.777. The van der Waals surface area contributed by atoms with Gasteiger partial charge < -0.3 is 9.47 Å². The van der Waals surface area contributed by atoms with Crippen LogP contribution in [-0.4, -0.2) is 12.5 Å². The highest BCUT2D eigenvalue weighted by Crippen LogP contribution is 2.28. The van der Waals surface area contributed by atoms with E-state index in [2.05, 4.69) is 4.74 Å². The van der Waals surface area contributed by atoms with Gasteiger partial charge in [0.05, 0.1) is 12.7 Å². The maximum absolute atomic E-state index is 12.7. The minimum Gasteiger partial charge on any atom is -0.406 e. The third-order valence-corrected chi connectivity index (χ3v) is 4.09. The molecule has 2 rings (SSSR count). The Morgan fingerprint density at radius 2 is 1.81 bits per heavy atom. The van der Waals surface area contributed by atoms with E-state index in [-0.39, 0.29) is 11.9 Å². The molecule has 1 fully saturated rings. The van der Waals surface area contributed by atoms with E-state index < -0.39 is 12.2 Å². The van der Waals surface area contributed by atoms with Crippen molar-refractivity contribution in [2.75, 3.05) is 0 Å².